The van der Waals surface area contributed by atoms with Crippen LogP contribution >= 0.6 is 0 Å². The van der Waals surface area contributed by atoms with E-state index in [2.05, 4.69) is 0 Å². The van der Waals surface area contributed by atoms with Crippen LogP contribution in [0, 0.1) is 0 Å². The van der Waals surface area contributed by atoms with Crippen molar-refractivity contribution < 1.29 is 26.6 Å². The third kappa shape index (κ3) is 2.92. The number of carbonyl (C=O) groups is 1. The molecule has 2 aliphatic heterocycles. The molecule has 2 aliphatic rings. The van der Waals surface area contributed by atoms with E-state index in [0.717, 1.165) is 5.56 Å². The third-order valence-electron chi connectivity index (χ3n) is 3.56. The van der Waals surface area contributed by atoms with Crippen LogP contribution < -0.4 is 4.90 Å². The van der Waals surface area contributed by atoms with Crippen molar-refractivity contribution in [2.24, 2.45) is 0 Å². The summed E-state index contributed by atoms with van der Waals surface area (Å²) in [6, 6.07) is 6.88. The minimum Gasteiger partial charge on any atom is -0.346 e. The van der Waals surface area contributed by atoms with Gasteiger partial charge in [0.2, 0.25) is 5.91 Å². The van der Waals surface area contributed by atoms with Crippen molar-refractivity contribution in [2.45, 2.75) is 18.0 Å². The van der Waals surface area contributed by atoms with E-state index in [4.69, 9.17) is 9.47 Å². The van der Waals surface area contributed by atoms with Crippen LogP contribution in [0.15, 0.2) is 24.3 Å². The molecular formula is C13H14FNO5S. The fourth-order valence-electron chi connectivity index (χ4n) is 2.50. The molecule has 8 heteroatoms. The van der Waals surface area contributed by atoms with Crippen molar-refractivity contribution >= 4 is 21.8 Å². The zero-order chi connectivity index (χ0) is 15.0. The number of anilines is 1. The first kappa shape index (κ1) is 14.4. The molecule has 3 rings (SSSR count). The van der Waals surface area contributed by atoms with Gasteiger partial charge in [-0.25, -0.2) is 0 Å². The third-order valence-corrected chi connectivity index (χ3v) is 4.68. The maximum atomic E-state index is 13.0. The van der Waals surface area contributed by atoms with Gasteiger partial charge in [-0.1, -0.05) is 12.1 Å². The Hall–Kier alpha value is -1.51. The van der Waals surface area contributed by atoms with Gasteiger partial charge in [0.05, 0.1) is 13.2 Å². The highest BCUT2D eigenvalue weighted by Gasteiger charge is 2.39. The first-order valence-electron chi connectivity index (χ1n) is 6.52. The SMILES string of the molecule is O=C1CC(S(=O)(=O)F)CN1c1cccc(C2OCCO2)c1. The summed E-state index contributed by atoms with van der Waals surface area (Å²) in [6.07, 6.45) is -0.817. The smallest absolute Gasteiger partial charge is 0.307 e. The van der Waals surface area contributed by atoms with Gasteiger partial charge in [0.15, 0.2) is 6.29 Å². The molecule has 6 nitrogen and oxygen atoms in total. The summed E-state index contributed by atoms with van der Waals surface area (Å²) in [5, 5.41) is -1.30. The average Bonchev–Trinajstić information content (AvgIpc) is 3.07. The van der Waals surface area contributed by atoms with Gasteiger partial charge in [-0.3, -0.25) is 4.79 Å². The Morgan fingerprint density at radius 3 is 2.57 bits per heavy atom. The second-order valence-corrected chi connectivity index (χ2v) is 6.59. The molecule has 21 heavy (non-hydrogen) atoms. The highest BCUT2D eigenvalue weighted by molar-refractivity contribution is 7.87. The summed E-state index contributed by atoms with van der Waals surface area (Å²) in [5.41, 5.74) is 1.26. The average molecular weight is 315 g/mol. The molecule has 0 aliphatic carbocycles. The van der Waals surface area contributed by atoms with E-state index in [-0.39, 0.29) is 13.0 Å². The van der Waals surface area contributed by atoms with Crippen LogP contribution in [-0.2, 0) is 24.5 Å². The Balaban J connectivity index is 1.84. The largest absolute Gasteiger partial charge is 0.346 e. The summed E-state index contributed by atoms with van der Waals surface area (Å²) in [6.45, 7) is 0.826. The van der Waals surface area contributed by atoms with Gasteiger partial charge in [-0.05, 0) is 12.1 Å². The first-order chi connectivity index (χ1) is 9.95. The molecule has 2 fully saturated rings. The molecule has 2 saturated heterocycles. The summed E-state index contributed by atoms with van der Waals surface area (Å²) in [4.78, 5) is 13.2. The van der Waals surface area contributed by atoms with E-state index in [1.165, 1.54) is 4.90 Å². The number of carbonyl (C=O) groups excluding carboxylic acids is 1. The summed E-state index contributed by atoms with van der Waals surface area (Å²) in [5.74, 6) is -0.411. The molecule has 1 unspecified atom stereocenters. The Labute approximate surface area is 121 Å². The molecule has 114 valence electrons. The van der Waals surface area contributed by atoms with Gasteiger partial charge >= 0.3 is 10.2 Å². The number of halogens is 1. The maximum absolute atomic E-state index is 13.0. The Bertz CT molecular complexity index is 656. The molecule has 1 atom stereocenters. The molecule has 1 aromatic carbocycles. The van der Waals surface area contributed by atoms with Crippen molar-refractivity contribution in [1.29, 1.82) is 0 Å². The fraction of sp³-hybridized carbons (Fsp3) is 0.462. The molecule has 1 aromatic rings. The van der Waals surface area contributed by atoms with Gasteiger partial charge in [0.1, 0.15) is 5.25 Å². The number of nitrogens with zero attached hydrogens (tertiary/aromatic N) is 1. The van der Waals surface area contributed by atoms with Gasteiger partial charge in [-0.2, -0.15) is 8.42 Å². The van der Waals surface area contributed by atoms with Crippen molar-refractivity contribution in [1.82, 2.24) is 0 Å². The second kappa shape index (κ2) is 5.36. The normalized spacial score (nSPS) is 24.0. The van der Waals surface area contributed by atoms with Crippen molar-refractivity contribution in [3.8, 4) is 0 Å². The van der Waals surface area contributed by atoms with Gasteiger partial charge in [0, 0.05) is 24.2 Å². The minimum atomic E-state index is -4.71. The van der Waals surface area contributed by atoms with Crippen LogP contribution in [0.25, 0.3) is 0 Å². The standard InChI is InChI=1S/C13H14FNO5S/c14-21(17,18)11-7-12(16)15(8-11)10-3-1-2-9(6-10)13-19-4-5-20-13/h1-3,6,11,13H,4-5,7-8H2. The fourth-order valence-corrected chi connectivity index (χ4v) is 3.17. The van der Waals surface area contributed by atoms with Crippen LogP contribution in [-0.4, -0.2) is 39.3 Å². The van der Waals surface area contributed by atoms with E-state index in [9.17, 15) is 17.1 Å². The van der Waals surface area contributed by atoms with Crippen molar-refractivity contribution in [2.75, 3.05) is 24.7 Å². The minimum absolute atomic E-state index is 0.173. The molecule has 0 aromatic heterocycles. The molecule has 2 heterocycles. The number of hydrogen-bond donors (Lipinski definition) is 0. The molecule has 1 amide bonds. The Kier molecular flexibility index (Phi) is 3.68. The number of amides is 1. The lowest BCUT2D eigenvalue weighted by Gasteiger charge is -2.18. The van der Waals surface area contributed by atoms with E-state index in [1.54, 1.807) is 24.3 Å². The summed E-state index contributed by atoms with van der Waals surface area (Å²) in [7, 11) is -4.71. The molecule has 0 bridgehead atoms. The second-order valence-electron chi connectivity index (χ2n) is 4.97. The predicted molar refractivity (Wildman–Crippen MR) is 71.9 cm³/mol. The number of rotatable bonds is 3. The van der Waals surface area contributed by atoms with Crippen LogP contribution in [0.2, 0.25) is 0 Å². The molecule has 0 saturated carbocycles. The zero-order valence-electron chi connectivity index (χ0n) is 11.1. The lowest BCUT2D eigenvalue weighted by Crippen LogP contribution is -2.27. The highest BCUT2D eigenvalue weighted by atomic mass is 32.3. The van der Waals surface area contributed by atoms with Crippen molar-refractivity contribution in [3.05, 3.63) is 29.8 Å². The van der Waals surface area contributed by atoms with Crippen LogP contribution in [0.3, 0.4) is 0 Å². The molecular weight excluding hydrogens is 301 g/mol. The van der Waals surface area contributed by atoms with Gasteiger partial charge in [-0.15, -0.1) is 3.89 Å². The maximum Gasteiger partial charge on any atom is 0.307 e. The van der Waals surface area contributed by atoms with Gasteiger partial charge < -0.3 is 14.4 Å². The lowest BCUT2D eigenvalue weighted by molar-refractivity contribution is -0.117. The Morgan fingerprint density at radius 2 is 1.95 bits per heavy atom. The highest BCUT2D eigenvalue weighted by Crippen LogP contribution is 2.30. The molecule has 0 N–H and O–H groups in total. The van der Waals surface area contributed by atoms with E-state index >= 15 is 0 Å². The lowest BCUT2D eigenvalue weighted by atomic mass is 10.2. The quantitative estimate of drug-likeness (QED) is 0.782. The van der Waals surface area contributed by atoms with E-state index in [1.807, 2.05) is 0 Å². The molecule has 0 spiro atoms. The number of hydrogen-bond acceptors (Lipinski definition) is 5. The monoisotopic (exact) mass is 315 g/mol. The van der Waals surface area contributed by atoms with Gasteiger partial charge in [0.25, 0.3) is 0 Å². The van der Waals surface area contributed by atoms with E-state index < -0.39 is 27.7 Å². The first-order valence-corrected chi connectivity index (χ1v) is 7.97. The van der Waals surface area contributed by atoms with Crippen LogP contribution in [0.4, 0.5) is 9.57 Å². The number of benzene rings is 1. The number of ether oxygens (including phenoxy) is 2. The summed E-state index contributed by atoms with van der Waals surface area (Å²) < 4.78 is 45.7. The van der Waals surface area contributed by atoms with Crippen LogP contribution in [0.5, 0.6) is 0 Å². The topological polar surface area (TPSA) is 72.9 Å². The van der Waals surface area contributed by atoms with Crippen LogP contribution in [0.1, 0.15) is 18.3 Å². The predicted octanol–water partition coefficient (Wildman–Crippen LogP) is 1.14. The molecule has 0 radical (unpaired) electrons. The summed E-state index contributed by atoms with van der Waals surface area (Å²) >= 11 is 0. The van der Waals surface area contributed by atoms with Crippen molar-refractivity contribution in [3.63, 3.8) is 0 Å². The Morgan fingerprint density at radius 1 is 1.24 bits per heavy atom. The van der Waals surface area contributed by atoms with E-state index in [0.29, 0.717) is 18.9 Å². The zero-order valence-corrected chi connectivity index (χ0v) is 11.9.